The molecule has 3 rings (SSSR count). The lowest BCUT2D eigenvalue weighted by atomic mass is 10.2. The molecule has 0 aliphatic carbocycles. The van der Waals surface area contributed by atoms with E-state index in [1.807, 2.05) is 48.5 Å². The van der Waals surface area contributed by atoms with Gasteiger partial charge in [0.25, 0.3) is 0 Å². The van der Waals surface area contributed by atoms with Crippen LogP contribution in [0.2, 0.25) is 0 Å². The minimum absolute atomic E-state index is 0.835. The molecular weight excluding hydrogens is 260 g/mol. The molecule has 3 heteroatoms. The van der Waals surface area contributed by atoms with Crippen molar-refractivity contribution in [2.24, 2.45) is 0 Å². The molecule has 3 nitrogen and oxygen atoms in total. The van der Waals surface area contributed by atoms with E-state index in [0.29, 0.717) is 0 Å². The van der Waals surface area contributed by atoms with Gasteiger partial charge in [-0.15, -0.1) is 0 Å². The fourth-order valence-corrected chi connectivity index (χ4v) is 2.32. The molecule has 0 aliphatic rings. The Morgan fingerprint density at radius 1 is 1.00 bits per heavy atom. The lowest BCUT2D eigenvalue weighted by Gasteiger charge is -2.15. The molecule has 3 aromatic rings. The normalized spacial score (nSPS) is 11.0. The molecule has 1 aromatic heterocycles. The molecule has 0 radical (unpaired) electrons. The Kier molecular flexibility index (Phi) is 3.84. The van der Waals surface area contributed by atoms with Crippen LogP contribution >= 0.6 is 0 Å². The second-order valence-electron chi connectivity index (χ2n) is 5.31. The van der Waals surface area contributed by atoms with Gasteiger partial charge < -0.3 is 9.64 Å². The first-order chi connectivity index (χ1) is 10.2. The summed E-state index contributed by atoms with van der Waals surface area (Å²) in [6, 6.07) is 18.1. The highest BCUT2D eigenvalue weighted by Crippen LogP contribution is 2.28. The number of para-hydroxylation sites is 1. The van der Waals surface area contributed by atoms with E-state index in [4.69, 9.17) is 4.74 Å². The molecule has 0 bridgehead atoms. The van der Waals surface area contributed by atoms with Crippen LogP contribution in [0.25, 0.3) is 10.9 Å². The zero-order valence-corrected chi connectivity index (χ0v) is 12.3. The van der Waals surface area contributed by atoms with E-state index < -0.39 is 0 Å². The predicted molar refractivity (Wildman–Crippen MR) is 85.7 cm³/mol. The zero-order chi connectivity index (χ0) is 14.7. The highest BCUT2D eigenvalue weighted by atomic mass is 16.5. The summed E-state index contributed by atoms with van der Waals surface area (Å²) in [6.45, 7) is 0.852. The topological polar surface area (TPSA) is 25.4 Å². The summed E-state index contributed by atoms with van der Waals surface area (Å²) in [5.74, 6) is 1.73. The molecule has 0 saturated carbocycles. The van der Waals surface area contributed by atoms with Crippen molar-refractivity contribution in [1.82, 2.24) is 9.88 Å². The van der Waals surface area contributed by atoms with Crippen molar-refractivity contribution in [3.05, 3.63) is 66.4 Å². The Hall–Kier alpha value is -2.39. The average Bonchev–Trinajstić information content (AvgIpc) is 2.49. The highest BCUT2D eigenvalue weighted by Gasteiger charge is 2.06. The highest BCUT2D eigenvalue weighted by molar-refractivity contribution is 5.79. The van der Waals surface area contributed by atoms with Gasteiger partial charge in [0.05, 0.1) is 5.52 Å². The Morgan fingerprint density at radius 3 is 2.71 bits per heavy atom. The number of rotatable bonds is 4. The second kappa shape index (κ2) is 5.94. The summed E-state index contributed by atoms with van der Waals surface area (Å²) < 4.78 is 6.06. The van der Waals surface area contributed by atoms with Crippen LogP contribution in [0.1, 0.15) is 5.56 Å². The number of aromatic nitrogens is 1. The maximum atomic E-state index is 6.06. The van der Waals surface area contributed by atoms with Crippen LogP contribution in [0, 0.1) is 0 Å². The molecule has 0 spiro atoms. The van der Waals surface area contributed by atoms with E-state index in [0.717, 1.165) is 28.9 Å². The van der Waals surface area contributed by atoms with Crippen molar-refractivity contribution in [2.45, 2.75) is 6.54 Å². The van der Waals surface area contributed by atoms with Crippen LogP contribution in [-0.4, -0.2) is 24.0 Å². The first kappa shape index (κ1) is 13.6. The van der Waals surface area contributed by atoms with E-state index in [2.05, 4.69) is 30.0 Å². The van der Waals surface area contributed by atoms with Crippen molar-refractivity contribution in [3.63, 3.8) is 0 Å². The van der Waals surface area contributed by atoms with E-state index in [9.17, 15) is 0 Å². The third-order valence-corrected chi connectivity index (χ3v) is 3.26. The van der Waals surface area contributed by atoms with Crippen LogP contribution in [0.4, 0.5) is 0 Å². The van der Waals surface area contributed by atoms with Crippen LogP contribution in [0.15, 0.2) is 60.8 Å². The second-order valence-corrected chi connectivity index (χ2v) is 5.31. The largest absolute Gasteiger partial charge is 0.457 e. The molecule has 1 heterocycles. The molecule has 0 N–H and O–H groups in total. The van der Waals surface area contributed by atoms with Gasteiger partial charge in [0.15, 0.2) is 0 Å². The van der Waals surface area contributed by atoms with Crippen LogP contribution in [-0.2, 0) is 6.54 Å². The number of benzene rings is 2. The van der Waals surface area contributed by atoms with Gasteiger partial charge in [0.2, 0.25) is 0 Å². The third-order valence-electron chi connectivity index (χ3n) is 3.26. The Bertz CT molecular complexity index is 753. The summed E-state index contributed by atoms with van der Waals surface area (Å²) in [6.07, 6.45) is 1.80. The molecule has 0 aliphatic heterocycles. The van der Waals surface area contributed by atoms with E-state index in [1.165, 1.54) is 5.56 Å². The van der Waals surface area contributed by atoms with Crippen LogP contribution in [0.5, 0.6) is 11.5 Å². The summed E-state index contributed by atoms with van der Waals surface area (Å²) in [7, 11) is 4.11. The number of nitrogens with zero attached hydrogens (tertiary/aromatic N) is 2. The standard InChI is InChI=1S/C18H18N2O/c1-20(2)13-15-6-3-4-8-18(15)21-16-9-10-17-14(12-16)7-5-11-19-17/h3-12H,13H2,1-2H3. The first-order valence-electron chi connectivity index (χ1n) is 6.97. The lowest BCUT2D eigenvalue weighted by molar-refractivity contribution is 0.388. The van der Waals surface area contributed by atoms with Crippen molar-refractivity contribution < 1.29 is 4.74 Å². The lowest BCUT2D eigenvalue weighted by Crippen LogP contribution is -2.11. The van der Waals surface area contributed by atoms with E-state index >= 15 is 0 Å². The third kappa shape index (κ3) is 3.20. The number of fused-ring (bicyclic) bond motifs is 1. The summed E-state index contributed by atoms with van der Waals surface area (Å²) >= 11 is 0. The molecule has 0 saturated heterocycles. The molecule has 0 fully saturated rings. The minimum atomic E-state index is 0.835. The van der Waals surface area contributed by atoms with Gasteiger partial charge >= 0.3 is 0 Å². The van der Waals surface area contributed by atoms with Crippen molar-refractivity contribution >= 4 is 10.9 Å². The molecule has 0 amide bonds. The van der Waals surface area contributed by atoms with E-state index in [1.54, 1.807) is 6.20 Å². The summed E-state index contributed by atoms with van der Waals surface area (Å²) in [5.41, 5.74) is 2.15. The van der Waals surface area contributed by atoms with Gasteiger partial charge in [-0.25, -0.2) is 0 Å². The first-order valence-corrected chi connectivity index (χ1v) is 6.97. The van der Waals surface area contributed by atoms with Crippen molar-refractivity contribution in [3.8, 4) is 11.5 Å². The molecule has 106 valence electrons. The monoisotopic (exact) mass is 278 g/mol. The van der Waals surface area contributed by atoms with Gasteiger partial charge in [-0.1, -0.05) is 24.3 Å². The van der Waals surface area contributed by atoms with Crippen LogP contribution in [0.3, 0.4) is 0 Å². The minimum Gasteiger partial charge on any atom is -0.457 e. The smallest absolute Gasteiger partial charge is 0.131 e. The Labute approximate surface area is 124 Å². The Balaban J connectivity index is 1.91. The molecule has 2 aromatic carbocycles. The number of pyridine rings is 1. The molecule has 21 heavy (non-hydrogen) atoms. The number of hydrogen-bond acceptors (Lipinski definition) is 3. The summed E-state index contributed by atoms with van der Waals surface area (Å²) in [4.78, 5) is 6.46. The number of hydrogen-bond donors (Lipinski definition) is 0. The predicted octanol–water partition coefficient (Wildman–Crippen LogP) is 4.09. The summed E-state index contributed by atoms with van der Waals surface area (Å²) in [5, 5.41) is 1.08. The molecule has 0 unspecified atom stereocenters. The van der Waals surface area contributed by atoms with Gasteiger partial charge in [0.1, 0.15) is 11.5 Å². The van der Waals surface area contributed by atoms with Gasteiger partial charge in [-0.05, 0) is 44.4 Å². The maximum absolute atomic E-state index is 6.06. The SMILES string of the molecule is CN(C)Cc1ccccc1Oc1ccc2ncccc2c1. The van der Waals surface area contributed by atoms with E-state index in [-0.39, 0.29) is 0 Å². The van der Waals surface area contributed by atoms with Gasteiger partial charge in [-0.2, -0.15) is 0 Å². The molecule has 0 atom stereocenters. The maximum Gasteiger partial charge on any atom is 0.131 e. The fourth-order valence-electron chi connectivity index (χ4n) is 2.32. The number of ether oxygens (including phenoxy) is 1. The molecular formula is C18H18N2O. The average molecular weight is 278 g/mol. The van der Waals surface area contributed by atoms with Gasteiger partial charge in [0, 0.05) is 23.7 Å². The Morgan fingerprint density at radius 2 is 1.86 bits per heavy atom. The van der Waals surface area contributed by atoms with Crippen molar-refractivity contribution in [2.75, 3.05) is 14.1 Å². The van der Waals surface area contributed by atoms with Crippen LogP contribution < -0.4 is 4.74 Å². The zero-order valence-electron chi connectivity index (χ0n) is 12.3. The fraction of sp³-hybridized carbons (Fsp3) is 0.167. The van der Waals surface area contributed by atoms with Gasteiger partial charge in [-0.3, -0.25) is 4.98 Å². The van der Waals surface area contributed by atoms with Crippen molar-refractivity contribution in [1.29, 1.82) is 0 Å². The quantitative estimate of drug-likeness (QED) is 0.718.